The number of halogens is 1. The molecule has 0 saturated carbocycles. The van der Waals surface area contributed by atoms with Crippen molar-refractivity contribution < 1.29 is 4.79 Å². The number of hydrogen-bond acceptors (Lipinski definition) is 4. The first-order chi connectivity index (χ1) is 9.73. The van der Waals surface area contributed by atoms with Crippen molar-refractivity contribution in [1.82, 2.24) is 15.1 Å². The number of amides is 1. The third kappa shape index (κ3) is 4.84. The van der Waals surface area contributed by atoms with Gasteiger partial charge in [-0.25, -0.2) is 4.68 Å². The van der Waals surface area contributed by atoms with E-state index in [4.69, 9.17) is 0 Å². The van der Waals surface area contributed by atoms with Crippen LogP contribution in [0.4, 0.5) is 5.69 Å². The standard InChI is InChI=1S/C14H23BrN4O2/c1-8(2)6-16-13(20)10(5)18-11-7-17-19(9(3)4)14(21)12(11)15/h7-10,18H,6H2,1-5H3,(H,16,20). The van der Waals surface area contributed by atoms with Crippen LogP contribution in [0.5, 0.6) is 0 Å². The largest absolute Gasteiger partial charge is 0.372 e. The topological polar surface area (TPSA) is 76.0 Å². The Bertz CT molecular complexity index is 554. The Hall–Kier alpha value is -1.37. The van der Waals surface area contributed by atoms with Crippen LogP contribution in [-0.4, -0.2) is 28.3 Å². The maximum absolute atomic E-state index is 12.1. The average molecular weight is 359 g/mol. The predicted molar refractivity (Wildman–Crippen MR) is 87.5 cm³/mol. The first kappa shape index (κ1) is 17.7. The second-order valence-corrected chi connectivity index (χ2v) is 6.51. The van der Waals surface area contributed by atoms with Gasteiger partial charge in [0.05, 0.1) is 17.9 Å². The zero-order valence-electron chi connectivity index (χ0n) is 13.1. The van der Waals surface area contributed by atoms with Gasteiger partial charge >= 0.3 is 0 Å². The van der Waals surface area contributed by atoms with E-state index >= 15 is 0 Å². The van der Waals surface area contributed by atoms with Gasteiger partial charge in [0.1, 0.15) is 10.5 Å². The molecule has 0 fully saturated rings. The van der Waals surface area contributed by atoms with E-state index in [2.05, 4.69) is 31.7 Å². The number of nitrogens with one attached hydrogen (secondary N) is 2. The minimum atomic E-state index is -0.448. The van der Waals surface area contributed by atoms with Crippen LogP contribution in [0.25, 0.3) is 0 Å². The molecule has 0 saturated heterocycles. The number of anilines is 1. The summed E-state index contributed by atoms with van der Waals surface area (Å²) >= 11 is 3.27. The van der Waals surface area contributed by atoms with Crippen molar-refractivity contribution in [3.8, 4) is 0 Å². The van der Waals surface area contributed by atoms with Crippen molar-refractivity contribution >= 4 is 27.5 Å². The monoisotopic (exact) mass is 358 g/mol. The molecule has 0 aromatic carbocycles. The molecule has 1 atom stereocenters. The van der Waals surface area contributed by atoms with E-state index in [-0.39, 0.29) is 17.5 Å². The molecule has 1 aromatic heterocycles. The summed E-state index contributed by atoms with van der Waals surface area (Å²) in [6.07, 6.45) is 1.55. The molecule has 0 spiro atoms. The Morgan fingerprint density at radius 1 is 1.33 bits per heavy atom. The molecule has 0 aliphatic carbocycles. The van der Waals surface area contributed by atoms with Gasteiger partial charge in [0, 0.05) is 6.54 Å². The molecule has 21 heavy (non-hydrogen) atoms. The van der Waals surface area contributed by atoms with Crippen molar-refractivity contribution in [2.75, 3.05) is 11.9 Å². The van der Waals surface area contributed by atoms with E-state index < -0.39 is 6.04 Å². The van der Waals surface area contributed by atoms with Gasteiger partial charge in [-0.15, -0.1) is 0 Å². The van der Waals surface area contributed by atoms with Crippen molar-refractivity contribution in [3.63, 3.8) is 0 Å². The fraction of sp³-hybridized carbons (Fsp3) is 0.643. The molecule has 7 heteroatoms. The molecule has 1 rings (SSSR count). The molecular weight excluding hydrogens is 336 g/mol. The Kier molecular flexibility index (Phi) is 6.39. The van der Waals surface area contributed by atoms with Crippen LogP contribution < -0.4 is 16.2 Å². The maximum Gasteiger partial charge on any atom is 0.283 e. The zero-order chi connectivity index (χ0) is 16.2. The normalized spacial score (nSPS) is 12.6. The van der Waals surface area contributed by atoms with E-state index in [1.165, 1.54) is 4.68 Å². The highest BCUT2D eigenvalue weighted by Crippen LogP contribution is 2.18. The first-order valence-electron chi connectivity index (χ1n) is 7.05. The summed E-state index contributed by atoms with van der Waals surface area (Å²) in [6.45, 7) is 10.2. The minimum Gasteiger partial charge on any atom is -0.372 e. The Balaban J connectivity index is 2.82. The van der Waals surface area contributed by atoms with Crippen molar-refractivity contribution in [2.24, 2.45) is 5.92 Å². The summed E-state index contributed by atoms with van der Waals surface area (Å²) in [5.74, 6) is 0.285. The highest BCUT2D eigenvalue weighted by molar-refractivity contribution is 9.10. The molecule has 0 aliphatic heterocycles. The molecule has 1 aromatic rings. The van der Waals surface area contributed by atoms with Gasteiger partial charge in [-0.3, -0.25) is 9.59 Å². The summed E-state index contributed by atoms with van der Waals surface area (Å²) in [5, 5.41) is 9.96. The van der Waals surface area contributed by atoms with Gasteiger partial charge in [0.25, 0.3) is 5.56 Å². The van der Waals surface area contributed by atoms with Crippen LogP contribution in [0, 0.1) is 5.92 Å². The third-order valence-corrected chi connectivity index (χ3v) is 3.65. The fourth-order valence-electron chi connectivity index (χ4n) is 1.67. The van der Waals surface area contributed by atoms with E-state index in [9.17, 15) is 9.59 Å². The summed E-state index contributed by atoms with van der Waals surface area (Å²) in [7, 11) is 0. The quantitative estimate of drug-likeness (QED) is 0.816. The summed E-state index contributed by atoms with van der Waals surface area (Å²) < 4.78 is 1.77. The number of carbonyl (C=O) groups is 1. The van der Waals surface area contributed by atoms with E-state index in [1.54, 1.807) is 13.1 Å². The molecule has 6 nitrogen and oxygen atoms in total. The van der Waals surface area contributed by atoms with Gasteiger partial charge in [-0.1, -0.05) is 13.8 Å². The molecule has 1 amide bonds. The van der Waals surface area contributed by atoms with Gasteiger partial charge < -0.3 is 10.6 Å². The third-order valence-electron chi connectivity index (χ3n) is 2.88. The number of aromatic nitrogens is 2. The molecule has 0 aliphatic rings. The predicted octanol–water partition coefficient (Wildman–Crippen LogP) is 2.16. The lowest BCUT2D eigenvalue weighted by Gasteiger charge is -2.17. The number of carbonyl (C=O) groups excluding carboxylic acids is 1. The summed E-state index contributed by atoms with van der Waals surface area (Å²) in [4.78, 5) is 24.0. The number of nitrogens with zero attached hydrogens (tertiary/aromatic N) is 2. The highest BCUT2D eigenvalue weighted by atomic mass is 79.9. The lowest BCUT2D eigenvalue weighted by atomic mass is 10.2. The van der Waals surface area contributed by atoms with Crippen LogP contribution >= 0.6 is 15.9 Å². The van der Waals surface area contributed by atoms with Crippen molar-refractivity contribution in [1.29, 1.82) is 0 Å². The smallest absolute Gasteiger partial charge is 0.283 e. The molecule has 0 radical (unpaired) electrons. The lowest BCUT2D eigenvalue weighted by Crippen LogP contribution is -2.39. The van der Waals surface area contributed by atoms with Crippen molar-refractivity contribution in [3.05, 3.63) is 21.0 Å². The number of hydrogen-bond donors (Lipinski definition) is 2. The summed E-state index contributed by atoms with van der Waals surface area (Å²) in [6, 6.07) is -0.467. The van der Waals surface area contributed by atoms with Crippen LogP contribution in [0.1, 0.15) is 40.7 Å². The summed E-state index contributed by atoms with van der Waals surface area (Å²) in [5.41, 5.74) is 0.300. The van der Waals surface area contributed by atoms with Gasteiger partial charge in [0.15, 0.2) is 0 Å². The molecule has 1 heterocycles. The molecule has 2 N–H and O–H groups in total. The van der Waals surface area contributed by atoms with Crippen molar-refractivity contribution in [2.45, 2.75) is 46.7 Å². The lowest BCUT2D eigenvalue weighted by molar-refractivity contribution is -0.121. The Morgan fingerprint density at radius 2 is 1.95 bits per heavy atom. The van der Waals surface area contributed by atoms with Gasteiger partial charge in [-0.2, -0.15) is 5.10 Å². The second-order valence-electron chi connectivity index (χ2n) is 5.72. The fourth-order valence-corrected chi connectivity index (χ4v) is 2.07. The molecular formula is C14H23BrN4O2. The van der Waals surface area contributed by atoms with Crippen LogP contribution in [0.2, 0.25) is 0 Å². The number of rotatable bonds is 6. The maximum atomic E-state index is 12.1. The first-order valence-corrected chi connectivity index (χ1v) is 7.84. The molecule has 118 valence electrons. The SMILES string of the molecule is CC(C)CNC(=O)C(C)Nc1cnn(C(C)C)c(=O)c1Br. The highest BCUT2D eigenvalue weighted by Gasteiger charge is 2.16. The van der Waals surface area contributed by atoms with Crippen LogP contribution in [0.3, 0.4) is 0 Å². The Morgan fingerprint density at radius 3 is 2.48 bits per heavy atom. The van der Waals surface area contributed by atoms with E-state index in [1.807, 2.05) is 27.7 Å². The van der Waals surface area contributed by atoms with E-state index in [0.29, 0.717) is 22.6 Å². The van der Waals surface area contributed by atoms with Crippen LogP contribution in [-0.2, 0) is 4.79 Å². The minimum absolute atomic E-state index is 0.0189. The van der Waals surface area contributed by atoms with Gasteiger partial charge in [0.2, 0.25) is 5.91 Å². The van der Waals surface area contributed by atoms with Crippen LogP contribution in [0.15, 0.2) is 15.5 Å². The molecule has 1 unspecified atom stereocenters. The average Bonchev–Trinajstić information content (AvgIpc) is 2.40. The van der Waals surface area contributed by atoms with E-state index in [0.717, 1.165) is 0 Å². The zero-order valence-corrected chi connectivity index (χ0v) is 14.7. The molecule has 0 bridgehead atoms. The Labute approximate surface area is 133 Å². The van der Waals surface area contributed by atoms with Gasteiger partial charge in [-0.05, 0) is 42.6 Å². The second kappa shape index (κ2) is 7.59.